The number of rotatable bonds is 6. The van der Waals surface area contributed by atoms with Gasteiger partial charge in [0.25, 0.3) is 0 Å². The van der Waals surface area contributed by atoms with E-state index in [1.165, 1.54) is 181 Å². The topological polar surface area (TPSA) is 72.3 Å². The van der Waals surface area contributed by atoms with Gasteiger partial charge < -0.3 is 35.9 Å². The minimum atomic E-state index is -0.236. The summed E-state index contributed by atoms with van der Waals surface area (Å²) < 4.78 is 34.9. The Kier molecular flexibility index (Phi) is 13.5. The predicted octanol–water partition coefficient (Wildman–Crippen LogP) is 31.3. The van der Waals surface area contributed by atoms with E-state index >= 15 is 0 Å². The molecular weight excluding hydrogens is 1490 g/mol. The van der Waals surface area contributed by atoms with Crippen molar-refractivity contribution in [2.75, 3.05) is 0 Å². The maximum Gasteiger partial charge on any atom is 0.135 e. The summed E-state index contributed by atoms with van der Waals surface area (Å²) in [6.45, 7) is 9.48. The van der Waals surface area contributed by atoms with Crippen LogP contribution >= 0.6 is 0 Å². The third kappa shape index (κ3) is 9.29. The van der Waals surface area contributed by atoms with Crippen molar-refractivity contribution in [1.82, 2.24) is 18.3 Å². The molecule has 0 N–H and O–H groups in total. The molecule has 18 aromatic carbocycles. The number of fused-ring (bicyclic) bond motifs is 32. The standard InChI is InChI=1S/2C57H36N2O2/c1-57(2)46-32-36(21-24-37(46)42-25-28-54-55(56(42)57)43-14-6-10-18-52(43)61-54)58-48-16-8-4-12-39(48)44-29-33(20-26-49(44)58)34-19-23-40-38-11-3-7-15-47(38)59(50(40)30-34)35-22-27-53-45(31-35)41-13-5-9-17-51(41)60-53;1-57(2)46-32-36(21-25-37(46)43-26-28-54-55(56(43)57)44-14-6-10-18-52(44)61-54)59-48-16-8-4-12-39(48)41-24-20-34(30-50(41)59)33-19-23-40-38-11-3-7-15-47(38)58(49(40)29-33)35-22-27-53-45(31-35)42-13-5-9-17-51(42)60-53/h2*3-32H,1-2H3. The van der Waals surface area contributed by atoms with Crippen LogP contribution in [0.25, 0.3) is 242 Å². The van der Waals surface area contributed by atoms with Crippen LogP contribution in [0.1, 0.15) is 49.9 Å². The minimum Gasteiger partial charge on any atom is -0.456 e. The van der Waals surface area contributed by atoms with Gasteiger partial charge in [0.15, 0.2) is 0 Å². The lowest BCUT2D eigenvalue weighted by molar-refractivity contribution is 0.656. The lowest BCUT2D eigenvalue weighted by Gasteiger charge is -2.23. The van der Waals surface area contributed by atoms with Crippen molar-refractivity contribution in [3.05, 3.63) is 386 Å². The SMILES string of the molecule is CC1(C)c2cc(-n3c4ccccc4c4cc(-c5ccc6c7ccccc7n(-c7ccc8oc9ccccc9c8c7)c6c5)ccc43)ccc2-c2ccc3oc4ccccc4c3c21.CC1(C)c2cc(-n3c4ccccc4c4ccc(-c5ccc6c7ccccc7n(-c7ccc8oc9ccccc9c8c7)c6c5)cc43)ccc2-c2ccc3oc4ccccc4c3c21. The van der Waals surface area contributed by atoms with E-state index in [2.05, 4.69) is 386 Å². The van der Waals surface area contributed by atoms with Gasteiger partial charge in [0.1, 0.15) is 44.7 Å². The van der Waals surface area contributed by atoms with E-state index in [1.54, 1.807) is 0 Å². The van der Waals surface area contributed by atoms with Crippen molar-refractivity contribution in [1.29, 1.82) is 0 Å². The van der Waals surface area contributed by atoms with Crippen LogP contribution in [0.15, 0.2) is 382 Å². The molecule has 122 heavy (non-hydrogen) atoms. The van der Waals surface area contributed by atoms with Crippen molar-refractivity contribution in [2.24, 2.45) is 0 Å². The Morgan fingerprint density at radius 2 is 0.451 bits per heavy atom. The molecule has 0 saturated carbocycles. The van der Waals surface area contributed by atoms with E-state index < -0.39 is 0 Å². The van der Waals surface area contributed by atoms with E-state index in [0.717, 1.165) is 83.3 Å². The van der Waals surface area contributed by atoms with Gasteiger partial charge in [-0.15, -0.1) is 0 Å². The summed E-state index contributed by atoms with van der Waals surface area (Å²) in [6, 6.07) is 133. The number of furan rings is 4. The van der Waals surface area contributed by atoms with Gasteiger partial charge in [-0.2, -0.15) is 0 Å². The Morgan fingerprint density at radius 3 is 0.861 bits per heavy atom. The smallest absolute Gasteiger partial charge is 0.135 e. The molecule has 0 fully saturated rings. The molecule has 28 rings (SSSR count). The van der Waals surface area contributed by atoms with E-state index in [9.17, 15) is 0 Å². The van der Waals surface area contributed by atoms with Crippen LogP contribution in [0.5, 0.6) is 0 Å². The van der Waals surface area contributed by atoms with E-state index in [0.29, 0.717) is 0 Å². The average Bonchev–Trinajstić information content (AvgIpc) is 1.54. The maximum atomic E-state index is 6.38. The van der Waals surface area contributed by atoms with Crippen LogP contribution in [0, 0.1) is 0 Å². The molecule has 0 atom stereocenters. The van der Waals surface area contributed by atoms with Gasteiger partial charge >= 0.3 is 0 Å². The molecule has 8 heterocycles. The van der Waals surface area contributed by atoms with Crippen molar-refractivity contribution < 1.29 is 17.7 Å². The largest absolute Gasteiger partial charge is 0.456 e. The summed E-state index contributed by atoms with van der Waals surface area (Å²) in [6.07, 6.45) is 0. The van der Waals surface area contributed by atoms with Gasteiger partial charge in [-0.25, -0.2) is 0 Å². The van der Waals surface area contributed by atoms with Crippen molar-refractivity contribution in [3.63, 3.8) is 0 Å². The molecule has 572 valence electrons. The fourth-order valence-electron chi connectivity index (χ4n) is 21.9. The Hall–Kier alpha value is -15.6. The van der Waals surface area contributed by atoms with Gasteiger partial charge in [0, 0.05) is 120 Å². The Bertz CT molecular complexity index is 9120. The van der Waals surface area contributed by atoms with Crippen molar-refractivity contribution in [2.45, 2.75) is 38.5 Å². The van der Waals surface area contributed by atoms with Crippen LogP contribution in [-0.2, 0) is 10.8 Å². The van der Waals surface area contributed by atoms with E-state index in [1.807, 2.05) is 24.3 Å². The van der Waals surface area contributed by atoms with Crippen LogP contribution in [0.3, 0.4) is 0 Å². The fraction of sp³-hybridized carbons (Fsp3) is 0.0526. The Morgan fingerprint density at radius 1 is 0.180 bits per heavy atom. The highest BCUT2D eigenvalue weighted by atomic mass is 16.3. The second-order valence-electron chi connectivity index (χ2n) is 34.5. The summed E-state index contributed by atoms with van der Waals surface area (Å²) >= 11 is 0. The summed E-state index contributed by atoms with van der Waals surface area (Å²) in [5, 5.41) is 19.2. The second-order valence-corrected chi connectivity index (χ2v) is 34.5. The molecule has 8 aromatic heterocycles. The zero-order valence-electron chi connectivity index (χ0n) is 67.1. The predicted molar refractivity (Wildman–Crippen MR) is 505 cm³/mol. The molecule has 0 spiro atoms. The van der Waals surface area contributed by atoms with Gasteiger partial charge in [0.05, 0.1) is 44.1 Å². The van der Waals surface area contributed by atoms with Crippen LogP contribution < -0.4 is 0 Å². The van der Waals surface area contributed by atoms with Crippen LogP contribution in [0.2, 0.25) is 0 Å². The highest BCUT2D eigenvalue weighted by Gasteiger charge is 2.41. The molecule has 0 unspecified atom stereocenters. The first kappa shape index (κ1) is 67.4. The van der Waals surface area contributed by atoms with Crippen LogP contribution in [0.4, 0.5) is 0 Å². The quantitative estimate of drug-likeness (QED) is 0.166. The summed E-state index contributed by atoms with van der Waals surface area (Å²) in [5.74, 6) is 0. The lowest BCUT2D eigenvalue weighted by atomic mass is 9.80. The molecule has 0 bridgehead atoms. The first-order valence-electron chi connectivity index (χ1n) is 42.2. The number of aromatic nitrogens is 4. The number of hydrogen-bond donors (Lipinski definition) is 0. The van der Waals surface area contributed by atoms with Gasteiger partial charge in [-0.1, -0.05) is 240 Å². The molecule has 0 aliphatic heterocycles. The van der Waals surface area contributed by atoms with Gasteiger partial charge in [-0.3, -0.25) is 0 Å². The number of benzene rings is 18. The molecule has 8 nitrogen and oxygen atoms in total. The number of nitrogens with zero attached hydrogens (tertiary/aromatic N) is 4. The Balaban J connectivity index is 0.000000128. The first-order valence-corrected chi connectivity index (χ1v) is 42.2. The van der Waals surface area contributed by atoms with Crippen molar-refractivity contribution in [3.8, 4) is 67.3 Å². The molecular formula is C114H72N4O4. The highest BCUT2D eigenvalue weighted by molar-refractivity contribution is 6.18. The molecule has 8 heteroatoms. The highest BCUT2D eigenvalue weighted by Crippen LogP contribution is 2.57. The first-order chi connectivity index (χ1) is 60.0. The fourth-order valence-corrected chi connectivity index (χ4v) is 21.9. The molecule has 0 amide bonds. The third-order valence-electron chi connectivity index (χ3n) is 27.4. The number of hydrogen-bond acceptors (Lipinski definition) is 4. The van der Waals surface area contributed by atoms with Gasteiger partial charge in [-0.05, 0) is 218 Å². The lowest BCUT2D eigenvalue weighted by Crippen LogP contribution is -2.16. The van der Waals surface area contributed by atoms with Gasteiger partial charge in [0.2, 0.25) is 0 Å². The monoisotopic (exact) mass is 1560 g/mol. The maximum absolute atomic E-state index is 6.38. The second kappa shape index (κ2) is 24.5. The zero-order valence-corrected chi connectivity index (χ0v) is 67.1. The molecule has 26 aromatic rings. The number of para-hydroxylation sites is 8. The molecule has 0 saturated heterocycles. The van der Waals surface area contributed by atoms with Crippen LogP contribution in [-0.4, -0.2) is 18.3 Å². The van der Waals surface area contributed by atoms with E-state index in [4.69, 9.17) is 17.7 Å². The summed E-state index contributed by atoms with van der Waals surface area (Å²) in [7, 11) is 0. The van der Waals surface area contributed by atoms with Crippen molar-refractivity contribution >= 4 is 175 Å². The molecule has 2 aliphatic rings. The average molecular weight is 1560 g/mol. The summed E-state index contributed by atoms with van der Waals surface area (Å²) in [4.78, 5) is 0. The van der Waals surface area contributed by atoms with E-state index in [-0.39, 0.29) is 10.8 Å². The Labute approximate surface area is 698 Å². The molecule has 0 radical (unpaired) electrons. The minimum absolute atomic E-state index is 0.224. The third-order valence-corrected chi connectivity index (χ3v) is 27.4. The normalized spacial score (nSPS) is 13.5. The zero-order chi connectivity index (χ0) is 80.3. The molecule has 2 aliphatic carbocycles. The summed E-state index contributed by atoms with van der Waals surface area (Å²) in [5.41, 5.74) is 36.2.